The molecule has 0 fully saturated rings. The van der Waals surface area contributed by atoms with Gasteiger partial charge in [0.25, 0.3) is 0 Å². The quantitative estimate of drug-likeness (QED) is 0.186. The lowest BCUT2D eigenvalue weighted by molar-refractivity contribution is -0.128. The third-order valence-electron chi connectivity index (χ3n) is 7.19. The number of nitrogens with two attached hydrogens (primary N) is 2. The van der Waals surface area contributed by atoms with Crippen LogP contribution in [0.1, 0.15) is 129 Å². The van der Waals surface area contributed by atoms with Crippen LogP contribution in [0.3, 0.4) is 0 Å². The maximum Gasteiger partial charge on any atom is 0.238 e. The van der Waals surface area contributed by atoms with Crippen molar-refractivity contribution in [2.45, 2.75) is 130 Å². The van der Waals surface area contributed by atoms with Crippen molar-refractivity contribution in [1.29, 1.82) is 0 Å². The molecule has 0 bridgehead atoms. The molecule has 2 rings (SSSR count). The number of hydrogen-bond acceptors (Lipinski definition) is 6. The van der Waals surface area contributed by atoms with E-state index in [9.17, 15) is 19.8 Å². The summed E-state index contributed by atoms with van der Waals surface area (Å²) < 4.78 is 0. The van der Waals surface area contributed by atoms with Crippen molar-refractivity contribution in [2.24, 2.45) is 11.7 Å². The van der Waals surface area contributed by atoms with Gasteiger partial charge in [-0.05, 0) is 67.9 Å². The van der Waals surface area contributed by atoms with Crippen molar-refractivity contribution in [1.82, 2.24) is 10.9 Å². The van der Waals surface area contributed by atoms with Gasteiger partial charge in [0.1, 0.15) is 11.5 Å². The van der Waals surface area contributed by atoms with Crippen LogP contribution in [0.15, 0.2) is 24.3 Å². The van der Waals surface area contributed by atoms with Gasteiger partial charge in [0.15, 0.2) is 0 Å². The fraction of sp³-hybridized carbons (Fsp3) is 0.588. The molecule has 0 saturated carbocycles. The number of nitrogens with one attached hydrogen (secondary N) is 2. The molecule has 0 atom stereocenters. The summed E-state index contributed by atoms with van der Waals surface area (Å²) in [5.41, 5.74) is 9.53. The van der Waals surface area contributed by atoms with E-state index in [1.807, 2.05) is 24.3 Å². The van der Waals surface area contributed by atoms with Crippen LogP contribution in [0, 0.1) is 0 Å². The molecular formula is C34H56N4O4. The predicted molar refractivity (Wildman–Crippen MR) is 172 cm³/mol. The molecular weight excluding hydrogens is 528 g/mol. The van der Waals surface area contributed by atoms with Gasteiger partial charge in [0.05, 0.1) is 0 Å². The molecule has 0 aliphatic rings. The Bertz CT molecular complexity index is 1070. The highest BCUT2D eigenvalue weighted by molar-refractivity contribution is 5.82. The highest BCUT2D eigenvalue weighted by Crippen LogP contribution is 2.41. The van der Waals surface area contributed by atoms with Crippen molar-refractivity contribution in [2.75, 3.05) is 0 Å². The Balaban J connectivity index is 0.00000431. The molecule has 0 radical (unpaired) electrons. The van der Waals surface area contributed by atoms with Gasteiger partial charge in [-0.15, -0.1) is 0 Å². The lowest BCUT2D eigenvalue weighted by Gasteiger charge is -2.28. The average Bonchev–Trinajstić information content (AvgIpc) is 2.84. The Hall–Kier alpha value is -3.10. The van der Waals surface area contributed by atoms with E-state index >= 15 is 0 Å². The second kappa shape index (κ2) is 13.9. The number of phenols is 2. The van der Waals surface area contributed by atoms with Crippen molar-refractivity contribution in [3.63, 3.8) is 0 Å². The molecule has 8 N–H and O–H groups in total. The summed E-state index contributed by atoms with van der Waals surface area (Å²) in [6, 6.07) is 7.91. The van der Waals surface area contributed by atoms with Gasteiger partial charge in [-0.3, -0.25) is 32.1 Å². The Morgan fingerprint density at radius 1 is 0.548 bits per heavy atom. The third-order valence-corrected chi connectivity index (χ3v) is 7.19. The summed E-state index contributed by atoms with van der Waals surface area (Å²) in [4.78, 5) is 25.1. The molecule has 2 aromatic carbocycles. The van der Waals surface area contributed by atoms with E-state index in [0.717, 1.165) is 33.4 Å². The highest BCUT2D eigenvalue weighted by atomic mass is 16.3. The second-order valence-electron chi connectivity index (χ2n) is 15.2. The molecule has 0 aliphatic heterocycles. The predicted octanol–water partition coefficient (Wildman–Crippen LogP) is 5.82. The molecule has 2 aromatic rings. The molecule has 0 aliphatic carbocycles. The number of rotatable bonds is 6. The number of benzene rings is 2. The molecule has 42 heavy (non-hydrogen) atoms. The number of carbonyl (C=O) groups is 2. The highest BCUT2D eigenvalue weighted by Gasteiger charge is 2.28. The largest absolute Gasteiger partial charge is 0.507 e. The van der Waals surface area contributed by atoms with Crippen LogP contribution in [-0.2, 0) is 44.1 Å². The molecule has 0 spiro atoms. The topological polar surface area (TPSA) is 151 Å². The number of aromatic hydroxyl groups is 2. The summed E-state index contributed by atoms with van der Waals surface area (Å²) in [6.45, 7) is 24.7. The molecule has 0 saturated heterocycles. The third kappa shape index (κ3) is 10.3. The first-order valence-electron chi connectivity index (χ1n) is 14.7. The van der Waals surface area contributed by atoms with E-state index in [0.29, 0.717) is 24.3 Å². The second-order valence-corrected chi connectivity index (χ2v) is 15.2. The standard InChI is InChI=1S/C34H52N2O4.H4N2/c1-31(2,3)23-17-21(18-24(29(23)39)32(4,5)6)13-15-27(37)35-36-28(38)16-14-22-19-25(33(7,8)9)30(40)26(20-22)34(10,11)12;1-2/h17-20,39-40H,13-16H2,1-12H3,(H,35,37)(H,36,38);1-2H2. The smallest absolute Gasteiger partial charge is 0.238 e. The Morgan fingerprint density at radius 3 is 0.952 bits per heavy atom. The van der Waals surface area contributed by atoms with Gasteiger partial charge in [-0.2, -0.15) is 0 Å². The molecule has 2 amide bonds. The zero-order chi connectivity index (χ0) is 32.8. The Morgan fingerprint density at radius 2 is 0.762 bits per heavy atom. The lowest BCUT2D eigenvalue weighted by Crippen LogP contribution is -2.41. The maximum absolute atomic E-state index is 12.6. The molecule has 236 valence electrons. The number of aryl methyl sites for hydroxylation is 2. The molecule has 8 nitrogen and oxygen atoms in total. The monoisotopic (exact) mass is 584 g/mol. The molecule has 0 aromatic heterocycles. The van der Waals surface area contributed by atoms with Crippen molar-refractivity contribution >= 4 is 11.8 Å². The SMILES string of the molecule is CC(C)(C)c1cc(CCC(=O)NNC(=O)CCc2cc(C(C)(C)C)c(O)c(C(C)(C)C)c2)cc(C(C)(C)C)c1O.NN. The first-order chi connectivity index (χ1) is 19.0. The Kier molecular flexibility index (Phi) is 12.2. The van der Waals surface area contributed by atoms with Crippen LogP contribution in [0.25, 0.3) is 0 Å². The van der Waals surface area contributed by atoms with Gasteiger partial charge < -0.3 is 10.2 Å². The number of hydrogen-bond donors (Lipinski definition) is 6. The zero-order valence-corrected chi connectivity index (χ0v) is 28.0. The molecule has 0 heterocycles. The van der Waals surface area contributed by atoms with Crippen LogP contribution >= 0.6 is 0 Å². The Labute approximate surface area is 253 Å². The van der Waals surface area contributed by atoms with Gasteiger partial charge in [-0.25, -0.2) is 0 Å². The summed E-state index contributed by atoms with van der Waals surface area (Å²) in [7, 11) is 0. The fourth-order valence-electron chi connectivity index (χ4n) is 4.74. The maximum atomic E-state index is 12.6. The van der Waals surface area contributed by atoms with E-state index in [1.54, 1.807) is 0 Å². The summed E-state index contributed by atoms with van der Waals surface area (Å²) in [5.74, 6) is 8.09. The van der Waals surface area contributed by atoms with Crippen LogP contribution in [0.2, 0.25) is 0 Å². The first kappa shape index (κ1) is 36.9. The van der Waals surface area contributed by atoms with E-state index in [4.69, 9.17) is 0 Å². The van der Waals surface area contributed by atoms with Crippen LogP contribution < -0.4 is 22.5 Å². The van der Waals surface area contributed by atoms with Gasteiger partial charge >= 0.3 is 0 Å². The fourth-order valence-corrected chi connectivity index (χ4v) is 4.74. The van der Waals surface area contributed by atoms with Gasteiger partial charge in [0.2, 0.25) is 11.8 Å². The van der Waals surface area contributed by atoms with E-state index in [1.165, 1.54) is 0 Å². The van der Waals surface area contributed by atoms with E-state index in [-0.39, 0.29) is 46.3 Å². The normalized spacial score (nSPS) is 12.3. The van der Waals surface area contributed by atoms with Crippen molar-refractivity contribution in [3.05, 3.63) is 57.6 Å². The van der Waals surface area contributed by atoms with Crippen LogP contribution in [0.4, 0.5) is 0 Å². The zero-order valence-electron chi connectivity index (χ0n) is 28.0. The van der Waals surface area contributed by atoms with Gasteiger partial charge in [-0.1, -0.05) is 107 Å². The molecule has 0 unspecified atom stereocenters. The number of hydrazine groups is 2. The minimum Gasteiger partial charge on any atom is -0.507 e. The van der Waals surface area contributed by atoms with E-state index < -0.39 is 0 Å². The van der Waals surface area contributed by atoms with Crippen molar-refractivity contribution < 1.29 is 19.8 Å². The van der Waals surface area contributed by atoms with Crippen LogP contribution in [0.5, 0.6) is 11.5 Å². The first-order valence-corrected chi connectivity index (χ1v) is 14.7. The number of carbonyl (C=O) groups excluding carboxylic acids is 2. The van der Waals surface area contributed by atoms with Crippen LogP contribution in [-0.4, -0.2) is 22.0 Å². The van der Waals surface area contributed by atoms with Gasteiger partial charge in [0, 0.05) is 12.8 Å². The number of amides is 2. The molecule has 8 heteroatoms. The summed E-state index contributed by atoms with van der Waals surface area (Å²) in [5, 5.41) is 21.8. The van der Waals surface area contributed by atoms with Crippen molar-refractivity contribution in [3.8, 4) is 11.5 Å². The van der Waals surface area contributed by atoms with E-state index in [2.05, 4.69) is 106 Å². The lowest BCUT2D eigenvalue weighted by atomic mass is 9.78. The summed E-state index contributed by atoms with van der Waals surface area (Å²) >= 11 is 0. The minimum atomic E-state index is -0.272. The summed E-state index contributed by atoms with van der Waals surface area (Å²) in [6.07, 6.45) is 1.40. The average molecular weight is 585 g/mol. The number of phenolic OH excluding ortho intramolecular Hbond substituents is 2. The minimum absolute atomic E-state index is 0.208.